The Morgan fingerprint density at radius 3 is 3.05 bits per heavy atom. The zero-order chi connectivity index (χ0) is 14.5. The first-order chi connectivity index (χ1) is 10.3. The van der Waals surface area contributed by atoms with Crippen molar-refractivity contribution >= 4 is 0 Å². The summed E-state index contributed by atoms with van der Waals surface area (Å²) in [6.45, 7) is 7.12. The van der Waals surface area contributed by atoms with E-state index in [1.54, 1.807) is 0 Å². The Morgan fingerprint density at radius 2 is 2.14 bits per heavy atom. The Balaban J connectivity index is 1.62. The molecule has 1 aromatic heterocycles. The van der Waals surface area contributed by atoms with Crippen LogP contribution in [0.1, 0.15) is 29.3 Å². The summed E-state index contributed by atoms with van der Waals surface area (Å²) in [6.07, 6.45) is 1.90. The van der Waals surface area contributed by atoms with E-state index in [-0.39, 0.29) is 0 Å². The van der Waals surface area contributed by atoms with Crippen molar-refractivity contribution < 1.29 is 4.52 Å². The first-order valence-corrected chi connectivity index (χ1v) is 7.60. The number of hydrogen-bond donors (Lipinski definition) is 1. The van der Waals surface area contributed by atoms with E-state index in [0.717, 1.165) is 50.9 Å². The molecule has 1 N–H and O–H groups in total. The van der Waals surface area contributed by atoms with Gasteiger partial charge in [0, 0.05) is 19.5 Å². The monoisotopic (exact) mass is 286 g/mol. The summed E-state index contributed by atoms with van der Waals surface area (Å²) in [7, 11) is 0. The molecule has 2 aromatic rings. The molecule has 1 aliphatic rings. The van der Waals surface area contributed by atoms with Crippen LogP contribution in [0.15, 0.2) is 28.8 Å². The predicted octanol–water partition coefficient (Wildman–Crippen LogP) is 1.76. The van der Waals surface area contributed by atoms with Crippen molar-refractivity contribution in [3.63, 3.8) is 0 Å². The second-order valence-electron chi connectivity index (χ2n) is 5.59. The van der Waals surface area contributed by atoms with E-state index in [0.29, 0.717) is 0 Å². The van der Waals surface area contributed by atoms with E-state index >= 15 is 0 Å². The highest BCUT2D eigenvalue weighted by Crippen LogP contribution is 2.12. The van der Waals surface area contributed by atoms with E-state index in [1.807, 2.05) is 12.1 Å². The van der Waals surface area contributed by atoms with Gasteiger partial charge in [-0.3, -0.25) is 4.90 Å². The molecule has 2 heterocycles. The number of aryl methyl sites for hydroxylation is 1. The maximum atomic E-state index is 5.40. The van der Waals surface area contributed by atoms with Gasteiger partial charge in [-0.2, -0.15) is 4.98 Å². The van der Waals surface area contributed by atoms with Crippen molar-refractivity contribution in [1.29, 1.82) is 0 Å². The summed E-state index contributed by atoms with van der Waals surface area (Å²) < 4.78 is 5.40. The summed E-state index contributed by atoms with van der Waals surface area (Å²) in [5, 5.41) is 7.51. The van der Waals surface area contributed by atoms with Crippen LogP contribution >= 0.6 is 0 Å². The van der Waals surface area contributed by atoms with Gasteiger partial charge in [0.1, 0.15) is 0 Å². The third kappa shape index (κ3) is 3.89. The van der Waals surface area contributed by atoms with E-state index < -0.39 is 0 Å². The van der Waals surface area contributed by atoms with Gasteiger partial charge in [-0.25, -0.2) is 0 Å². The Labute approximate surface area is 125 Å². The van der Waals surface area contributed by atoms with Gasteiger partial charge in [0.05, 0.1) is 6.54 Å². The lowest BCUT2D eigenvalue weighted by molar-refractivity contribution is 0.238. The van der Waals surface area contributed by atoms with Crippen LogP contribution in [0.25, 0.3) is 0 Å². The van der Waals surface area contributed by atoms with Gasteiger partial charge in [0.15, 0.2) is 5.82 Å². The number of nitrogens with one attached hydrogen (secondary N) is 1. The Bertz CT molecular complexity index is 573. The Kier molecular flexibility index (Phi) is 4.62. The van der Waals surface area contributed by atoms with Gasteiger partial charge < -0.3 is 9.84 Å². The molecule has 1 saturated heterocycles. The number of nitrogens with zero attached hydrogens (tertiary/aromatic N) is 3. The molecule has 0 bridgehead atoms. The molecule has 0 unspecified atom stereocenters. The first-order valence-electron chi connectivity index (χ1n) is 7.60. The second-order valence-corrected chi connectivity index (χ2v) is 5.59. The molecule has 112 valence electrons. The van der Waals surface area contributed by atoms with Gasteiger partial charge in [-0.15, -0.1) is 0 Å². The average molecular weight is 286 g/mol. The standard InChI is InChI=1S/C16H22N4O/c1-13-5-2-3-6-14(13)11-15-18-16(21-19-15)12-20-9-4-7-17-8-10-20/h2-3,5-6,17H,4,7-12H2,1H3. The lowest BCUT2D eigenvalue weighted by Gasteiger charge is -2.16. The second kappa shape index (κ2) is 6.83. The topological polar surface area (TPSA) is 54.2 Å². The molecule has 21 heavy (non-hydrogen) atoms. The van der Waals surface area contributed by atoms with Gasteiger partial charge in [-0.05, 0) is 37.6 Å². The SMILES string of the molecule is Cc1ccccc1Cc1noc(CN2CCCNCC2)n1. The molecule has 1 fully saturated rings. The van der Waals surface area contributed by atoms with Crippen molar-refractivity contribution in [2.45, 2.75) is 26.3 Å². The van der Waals surface area contributed by atoms with Crippen LogP contribution in [0, 0.1) is 6.92 Å². The van der Waals surface area contributed by atoms with Crippen LogP contribution in [0.5, 0.6) is 0 Å². The van der Waals surface area contributed by atoms with Crippen LogP contribution in [0.4, 0.5) is 0 Å². The average Bonchev–Trinajstić information content (AvgIpc) is 2.75. The molecule has 0 atom stereocenters. The molecule has 0 radical (unpaired) electrons. The molecule has 0 amide bonds. The summed E-state index contributed by atoms with van der Waals surface area (Å²) in [6, 6.07) is 8.33. The normalized spacial score (nSPS) is 16.8. The van der Waals surface area contributed by atoms with Crippen LogP contribution in [-0.4, -0.2) is 41.2 Å². The third-order valence-corrected chi connectivity index (χ3v) is 3.91. The zero-order valence-corrected chi connectivity index (χ0v) is 12.5. The molecular weight excluding hydrogens is 264 g/mol. The molecule has 3 rings (SSSR count). The van der Waals surface area contributed by atoms with Crippen LogP contribution in [-0.2, 0) is 13.0 Å². The minimum absolute atomic E-state index is 0.723. The Morgan fingerprint density at radius 1 is 1.24 bits per heavy atom. The smallest absolute Gasteiger partial charge is 0.240 e. The Hall–Kier alpha value is -1.72. The molecule has 5 heteroatoms. The van der Waals surface area contributed by atoms with Gasteiger partial charge in [-0.1, -0.05) is 29.4 Å². The fourth-order valence-electron chi connectivity index (χ4n) is 2.66. The van der Waals surface area contributed by atoms with E-state index in [9.17, 15) is 0 Å². The lowest BCUT2D eigenvalue weighted by atomic mass is 10.1. The summed E-state index contributed by atoms with van der Waals surface area (Å²) in [4.78, 5) is 6.90. The van der Waals surface area contributed by atoms with Crippen molar-refractivity contribution in [1.82, 2.24) is 20.4 Å². The summed E-state index contributed by atoms with van der Waals surface area (Å²) >= 11 is 0. The molecule has 1 aromatic carbocycles. The van der Waals surface area contributed by atoms with Crippen LogP contribution in [0.2, 0.25) is 0 Å². The number of hydrogen-bond acceptors (Lipinski definition) is 5. The number of benzene rings is 1. The zero-order valence-electron chi connectivity index (χ0n) is 12.5. The minimum Gasteiger partial charge on any atom is -0.338 e. The number of aromatic nitrogens is 2. The van der Waals surface area contributed by atoms with Gasteiger partial charge in [0.25, 0.3) is 0 Å². The molecule has 0 aliphatic carbocycles. The highest BCUT2D eigenvalue weighted by Gasteiger charge is 2.14. The van der Waals surface area contributed by atoms with Crippen molar-refractivity contribution in [3.05, 3.63) is 47.1 Å². The fraction of sp³-hybridized carbons (Fsp3) is 0.500. The highest BCUT2D eigenvalue weighted by molar-refractivity contribution is 5.27. The fourth-order valence-corrected chi connectivity index (χ4v) is 2.66. The molecule has 0 saturated carbocycles. The molecule has 0 spiro atoms. The quantitative estimate of drug-likeness (QED) is 0.928. The number of rotatable bonds is 4. The summed E-state index contributed by atoms with van der Waals surface area (Å²) in [5.41, 5.74) is 2.52. The van der Waals surface area contributed by atoms with Crippen molar-refractivity contribution in [2.75, 3.05) is 26.2 Å². The maximum absolute atomic E-state index is 5.40. The van der Waals surface area contributed by atoms with Crippen molar-refractivity contribution in [2.24, 2.45) is 0 Å². The van der Waals surface area contributed by atoms with Gasteiger partial charge >= 0.3 is 0 Å². The van der Waals surface area contributed by atoms with Crippen molar-refractivity contribution in [3.8, 4) is 0 Å². The van der Waals surface area contributed by atoms with Gasteiger partial charge in [0.2, 0.25) is 5.89 Å². The maximum Gasteiger partial charge on any atom is 0.240 e. The van der Waals surface area contributed by atoms with Crippen LogP contribution in [0.3, 0.4) is 0 Å². The minimum atomic E-state index is 0.723. The summed E-state index contributed by atoms with van der Waals surface area (Å²) in [5.74, 6) is 1.49. The predicted molar refractivity (Wildman–Crippen MR) is 81.0 cm³/mol. The molecular formula is C16H22N4O. The van der Waals surface area contributed by atoms with E-state index in [2.05, 4.69) is 39.4 Å². The van der Waals surface area contributed by atoms with Crippen LogP contribution < -0.4 is 5.32 Å². The lowest BCUT2D eigenvalue weighted by Crippen LogP contribution is -2.27. The first kappa shape index (κ1) is 14.2. The van der Waals surface area contributed by atoms with E-state index in [1.165, 1.54) is 17.5 Å². The molecule has 1 aliphatic heterocycles. The van der Waals surface area contributed by atoms with E-state index in [4.69, 9.17) is 4.52 Å². The highest BCUT2D eigenvalue weighted by atomic mass is 16.5. The third-order valence-electron chi connectivity index (χ3n) is 3.91. The molecule has 5 nitrogen and oxygen atoms in total. The largest absolute Gasteiger partial charge is 0.338 e.